The maximum atomic E-state index is 6.20. The fraction of sp³-hybridized carbons (Fsp3) is 0.133. The van der Waals surface area contributed by atoms with Crippen LogP contribution in [0.25, 0.3) is 16.7 Å². The van der Waals surface area contributed by atoms with E-state index in [4.69, 9.17) is 28.6 Å². The number of aromatic amines is 1. The Kier molecular flexibility index (Phi) is 3.28. The zero-order valence-corrected chi connectivity index (χ0v) is 12.7. The fourth-order valence-corrected chi connectivity index (χ4v) is 2.83. The van der Waals surface area contributed by atoms with Crippen molar-refractivity contribution < 1.29 is 4.74 Å². The first-order valence-corrected chi connectivity index (χ1v) is 6.94. The molecule has 0 aliphatic carbocycles. The molecule has 0 saturated heterocycles. The number of fused-ring (bicyclic) bond motifs is 1. The molecule has 3 nitrogen and oxygen atoms in total. The van der Waals surface area contributed by atoms with Gasteiger partial charge in [0.25, 0.3) is 0 Å². The molecule has 2 aromatic carbocycles. The molecule has 0 atom stereocenters. The van der Waals surface area contributed by atoms with Gasteiger partial charge in [0.05, 0.1) is 28.9 Å². The molecule has 1 N–H and O–H groups in total. The molecule has 1 aromatic heterocycles. The maximum Gasteiger partial charge on any atom is 0.182 e. The summed E-state index contributed by atoms with van der Waals surface area (Å²) in [5.74, 6) is 0.651. The largest absolute Gasteiger partial charge is 0.495 e. The molecule has 0 spiro atoms. The van der Waals surface area contributed by atoms with Crippen LogP contribution in [-0.2, 0) is 0 Å². The fourth-order valence-electron chi connectivity index (χ4n) is 2.26. The van der Waals surface area contributed by atoms with E-state index in [1.165, 1.54) is 5.56 Å². The zero-order chi connectivity index (χ0) is 14.3. The molecule has 3 rings (SSSR count). The van der Waals surface area contributed by atoms with Gasteiger partial charge in [-0.2, -0.15) is 0 Å². The van der Waals surface area contributed by atoms with Crippen molar-refractivity contribution in [3.63, 3.8) is 0 Å². The van der Waals surface area contributed by atoms with Gasteiger partial charge in [-0.3, -0.25) is 4.57 Å². The summed E-state index contributed by atoms with van der Waals surface area (Å²) < 4.78 is 7.80. The number of hydrogen-bond donors (Lipinski definition) is 1. The van der Waals surface area contributed by atoms with Gasteiger partial charge in [-0.15, -0.1) is 0 Å². The maximum absolute atomic E-state index is 6.20. The quantitative estimate of drug-likeness (QED) is 0.698. The van der Waals surface area contributed by atoms with Gasteiger partial charge in [0, 0.05) is 0 Å². The van der Waals surface area contributed by atoms with E-state index in [2.05, 4.69) is 24.0 Å². The van der Waals surface area contributed by atoms with Gasteiger partial charge in [0.1, 0.15) is 5.75 Å². The molecular weight excluding hydrogens is 292 g/mol. The number of H-pyrrole nitrogens is 1. The summed E-state index contributed by atoms with van der Waals surface area (Å²) in [6.45, 7) is 2.06. The molecule has 102 valence electrons. The SMILES string of the molecule is COc1ccc(-n2c(=S)[nH]c3ccc(C)cc32)cc1Cl. The van der Waals surface area contributed by atoms with Gasteiger partial charge in [0.2, 0.25) is 0 Å². The summed E-state index contributed by atoms with van der Waals surface area (Å²) in [4.78, 5) is 3.20. The molecule has 20 heavy (non-hydrogen) atoms. The van der Waals surface area contributed by atoms with E-state index in [0.717, 1.165) is 16.7 Å². The highest BCUT2D eigenvalue weighted by molar-refractivity contribution is 7.71. The number of hydrogen-bond acceptors (Lipinski definition) is 2. The first-order valence-electron chi connectivity index (χ1n) is 6.15. The highest BCUT2D eigenvalue weighted by Crippen LogP contribution is 2.28. The molecule has 0 radical (unpaired) electrons. The van der Waals surface area contributed by atoms with Crippen LogP contribution >= 0.6 is 23.8 Å². The molecule has 0 aliphatic rings. The molecule has 3 aromatic rings. The lowest BCUT2D eigenvalue weighted by molar-refractivity contribution is 0.415. The number of imidazole rings is 1. The van der Waals surface area contributed by atoms with Crippen LogP contribution in [0.2, 0.25) is 5.02 Å². The van der Waals surface area contributed by atoms with E-state index in [1.54, 1.807) is 7.11 Å². The third-order valence-electron chi connectivity index (χ3n) is 3.23. The van der Waals surface area contributed by atoms with E-state index >= 15 is 0 Å². The van der Waals surface area contributed by atoms with Crippen molar-refractivity contribution in [1.82, 2.24) is 9.55 Å². The Hall–Kier alpha value is -1.78. The minimum Gasteiger partial charge on any atom is -0.495 e. The van der Waals surface area contributed by atoms with E-state index in [1.807, 2.05) is 28.8 Å². The number of rotatable bonds is 2. The van der Waals surface area contributed by atoms with Crippen LogP contribution in [0.3, 0.4) is 0 Å². The van der Waals surface area contributed by atoms with Gasteiger partial charge in [-0.1, -0.05) is 17.7 Å². The average Bonchev–Trinajstić information content (AvgIpc) is 2.74. The number of ether oxygens (including phenoxy) is 1. The number of nitrogens with one attached hydrogen (secondary N) is 1. The summed E-state index contributed by atoms with van der Waals surface area (Å²) in [6.07, 6.45) is 0. The van der Waals surface area contributed by atoms with Crippen molar-refractivity contribution in [3.05, 3.63) is 51.8 Å². The van der Waals surface area contributed by atoms with Crippen molar-refractivity contribution in [2.24, 2.45) is 0 Å². The van der Waals surface area contributed by atoms with E-state index in [-0.39, 0.29) is 0 Å². The summed E-state index contributed by atoms with van der Waals surface area (Å²) >= 11 is 11.6. The second kappa shape index (κ2) is 4.96. The van der Waals surface area contributed by atoms with E-state index in [0.29, 0.717) is 15.5 Å². The third kappa shape index (κ3) is 2.11. The van der Waals surface area contributed by atoms with Crippen LogP contribution in [-0.4, -0.2) is 16.7 Å². The predicted molar refractivity (Wildman–Crippen MR) is 84.8 cm³/mol. The monoisotopic (exact) mass is 304 g/mol. The number of aromatic nitrogens is 2. The van der Waals surface area contributed by atoms with Crippen LogP contribution in [0.15, 0.2) is 36.4 Å². The van der Waals surface area contributed by atoms with Crippen LogP contribution in [0.1, 0.15) is 5.56 Å². The Morgan fingerprint density at radius 2 is 2.00 bits per heavy atom. The number of methoxy groups -OCH3 is 1. The smallest absolute Gasteiger partial charge is 0.182 e. The predicted octanol–water partition coefficient (Wildman–Crippen LogP) is 4.66. The topological polar surface area (TPSA) is 29.9 Å². The number of aryl methyl sites for hydroxylation is 1. The van der Waals surface area contributed by atoms with Gasteiger partial charge in [0.15, 0.2) is 4.77 Å². The third-order valence-corrected chi connectivity index (χ3v) is 3.81. The van der Waals surface area contributed by atoms with Gasteiger partial charge in [-0.05, 0) is 55.0 Å². The Balaban J connectivity index is 2.28. The number of nitrogens with zero attached hydrogens (tertiary/aromatic N) is 1. The van der Waals surface area contributed by atoms with Gasteiger partial charge in [-0.25, -0.2) is 0 Å². The summed E-state index contributed by atoms with van der Waals surface area (Å²) in [6, 6.07) is 11.8. The molecule has 0 fully saturated rings. The first-order chi connectivity index (χ1) is 9.60. The summed E-state index contributed by atoms with van der Waals surface area (Å²) in [5, 5.41) is 0.564. The Morgan fingerprint density at radius 3 is 2.70 bits per heavy atom. The highest BCUT2D eigenvalue weighted by Gasteiger charge is 2.09. The van der Waals surface area contributed by atoms with Crippen molar-refractivity contribution >= 4 is 34.9 Å². The lowest BCUT2D eigenvalue weighted by atomic mass is 10.2. The highest BCUT2D eigenvalue weighted by atomic mass is 35.5. The lowest BCUT2D eigenvalue weighted by Gasteiger charge is -2.08. The lowest BCUT2D eigenvalue weighted by Crippen LogP contribution is -1.95. The number of benzene rings is 2. The number of halogens is 1. The van der Waals surface area contributed by atoms with Crippen LogP contribution in [0, 0.1) is 11.7 Å². The standard InChI is InChI=1S/C15H13ClN2OS/c1-9-3-5-12-13(7-9)18(15(20)17-12)10-4-6-14(19-2)11(16)8-10/h3-8H,1-2H3,(H,17,20). The Bertz CT molecular complexity index is 851. The minimum atomic E-state index is 0.564. The molecule has 0 bridgehead atoms. The normalized spacial score (nSPS) is 10.9. The second-order valence-corrected chi connectivity index (χ2v) is 5.40. The zero-order valence-electron chi connectivity index (χ0n) is 11.1. The Labute approximate surface area is 126 Å². The first kappa shape index (κ1) is 13.2. The van der Waals surface area contributed by atoms with E-state index < -0.39 is 0 Å². The average molecular weight is 305 g/mol. The molecule has 0 saturated carbocycles. The second-order valence-electron chi connectivity index (χ2n) is 4.61. The molecule has 0 aliphatic heterocycles. The van der Waals surface area contributed by atoms with Crippen molar-refractivity contribution in [2.75, 3.05) is 7.11 Å². The van der Waals surface area contributed by atoms with Crippen LogP contribution in [0.4, 0.5) is 0 Å². The molecule has 1 heterocycles. The van der Waals surface area contributed by atoms with Gasteiger partial charge >= 0.3 is 0 Å². The van der Waals surface area contributed by atoms with Crippen molar-refractivity contribution in [3.8, 4) is 11.4 Å². The summed E-state index contributed by atoms with van der Waals surface area (Å²) in [5.41, 5.74) is 4.14. The molecular formula is C15H13ClN2OS. The molecule has 0 unspecified atom stereocenters. The summed E-state index contributed by atoms with van der Waals surface area (Å²) in [7, 11) is 1.60. The Morgan fingerprint density at radius 1 is 1.20 bits per heavy atom. The minimum absolute atomic E-state index is 0.564. The van der Waals surface area contributed by atoms with Crippen molar-refractivity contribution in [1.29, 1.82) is 0 Å². The van der Waals surface area contributed by atoms with Crippen LogP contribution in [0.5, 0.6) is 5.75 Å². The molecule has 0 amide bonds. The molecule has 5 heteroatoms. The van der Waals surface area contributed by atoms with E-state index in [9.17, 15) is 0 Å². The van der Waals surface area contributed by atoms with Crippen molar-refractivity contribution in [2.45, 2.75) is 6.92 Å². The van der Waals surface area contributed by atoms with Crippen LogP contribution < -0.4 is 4.74 Å². The van der Waals surface area contributed by atoms with Gasteiger partial charge < -0.3 is 9.72 Å².